The highest BCUT2D eigenvalue weighted by atomic mass is 35.5. The number of rotatable bonds is 5. The molecule has 1 aliphatic heterocycles. The summed E-state index contributed by atoms with van der Waals surface area (Å²) < 4.78 is 5.43. The maximum atomic E-state index is 12.5. The van der Waals surface area contributed by atoms with Gasteiger partial charge in [-0.2, -0.15) is 0 Å². The smallest absolute Gasteiger partial charge is 0.227 e. The van der Waals surface area contributed by atoms with Gasteiger partial charge in [-0.05, 0) is 42.8 Å². The predicted octanol–water partition coefficient (Wildman–Crippen LogP) is 3.63. The molecule has 0 radical (unpaired) electrons. The summed E-state index contributed by atoms with van der Waals surface area (Å²) in [5, 5.41) is 0.742. The first kappa shape index (κ1) is 17.6. The van der Waals surface area contributed by atoms with Crippen LogP contribution in [0.3, 0.4) is 0 Å². The van der Waals surface area contributed by atoms with Crippen molar-refractivity contribution in [2.75, 3.05) is 37.7 Å². The van der Waals surface area contributed by atoms with Gasteiger partial charge in [0.15, 0.2) is 0 Å². The van der Waals surface area contributed by atoms with Gasteiger partial charge in [-0.15, -0.1) is 0 Å². The van der Waals surface area contributed by atoms with Crippen molar-refractivity contribution < 1.29 is 9.53 Å². The molecule has 1 aliphatic rings. The van der Waals surface area contributed by atoms with Crippen molar-refractivity contribution in [3.63, 3.8) is 0 Å². The molecule has 0 saturated carbocycles. The van der Waals surface area contributed by atoms with E-state index < -0.39 is 0 Å². The molecule has 3 rings (SSSR count). The third-order valence-electron chi connectivity index (χ3n) is 4.40. The minimum atomic E-state index is 0.176. The van der Waals surface area contributed by atoms with Crippen LogP contribution >= 0.6 is 11.6 Å². The summed E-state index contributed by atoms with van der Waals surface area (Å²) in [7, 11) is 0. The molecular weight excluding hydrogens is 336 g/mol. The molecule has 5 heteroatoms. The maximum Gasteiger partial charge on any atom is 0.227 e. The van der Waals surface area contributed by atoms with Gasteiger partial charge in [-0.1, -0.05) is 29.8 Å². The topological polar surface area (TPSA) is 32.8 Å². The minimum absolute atomic E-state index is 0.176. The summed E-state index contributed by atoms with van der Waals surface area (Å²) in [4.78, 5) is 16.7. The monoisotopic (exact) mass is 358 g/mol. The summed E-state index contributed by atoms with van der Waals surface area (Å²) in [6.07, 6.45) is 0.434. The largest absolute Gasteiger partial charge is 0.494 e. The van der Waals surface area contributed by atoms with Crippen LogP contribution in [0.4, 0.5) is 5.69 Å². The van der Waals surface area contributed by atoms with Crippen molar-refractivity contribution in [3.05, 3.63) is 59.1 Å². The van der Waals surface area contributed by atoms with Crippen molar-refractivity contribution in [1.82, 2.24) is 4.90 Å². The number of amides is 1. The lowest BCUT2D eigenvalue weighted by atomic mass is 10.1. The van der Waals surface area contributed by atoms with Crippen molar-refractivity contribution in [2.24, 2.45) is 0 Å². The van der Waals surface area contributed by atoms with Crippen LogP contribution in [-0.4, -0.2) is 43.6 Å². The number of anilines is 1. The van der Waals surface area contributed by atoms with E-state index >= 15 is 0 Å². The highest BCUT2D eigenvalue weighted by molar-refractivity contribution is 6.30. The van der Waals surface area contributed by atoms with Gasteiger partial charge in [0, 0.05) is 36.9 Å². The summed E-state index contributed by atoms with van der Waals surface area (Å²) >= 11 is 6.06. The highest BCUT2D eigenvalue weighted by Gasteiger charge is 2.21. The van der Waals surface area contributed by atoms with E-state index in [2.05, 4.69) is 11.0 Å². The average Bonchev–Trinajstić information content (AvgIpc) is 2.64. The SMILES string of the molecule is CCOc1ccc(CC(=O)N2CCN(c3cccc(Cl)c3)CC2)cc1. The molecule has 132 valence electrons. The molecule has 1 fully saturated rings. The Morgan fingerprint density at radius 1 is 1.08 bits per heavy atom. The van der Waals surface area contributed by atoms with E-state index in [1.807, 2.05) is 54.3 Å². The molecule has 0 atom stereocenters. The van der Waals surface area contributed by atoms with Crippen molar-refractivity contribution in [2.45, 2.75) is 13.3 Å². The Hall–Kier alpha value is -2.20. The van der Waals surface area contributed by atoms with Gasteiger partial charge in [0.05, 0.1) is 13.0 Å². The first-order valence-electron chi connectivity index (χ1n) is 8.65. The maximum absolute atomic E-state index is 12.5. The van der Waals surface area contributed by atoms with Crippen LogP contribution in [-0.2, 0) is 11.2 Å². The Kier molecular flexibility index (Phi) is 5.82. The fraction of sp³-hybridized carbons (Fsp3) is 0.350. The van der Waals surface area contributed by atoms with Gasteiger partial charge < -0.3 is 14.5 Å². The number of carbonyl (C=O) groups excluding carboxylic acids is 1. The lowest BCUT2D eigenvalue weighted by Gasteiger charge is -2.36. The second-order valence-corrected chi connectivity index (χ2v) is 6.54. The van der Waals surface area contributed by atoms with E-state index in [9.17, 15) is 4.79 Å². The molecule has 1 heterocycles. The van der Waals surface area contributed by atoms with Crippen molar-refractivity contribution in [1.29, 1.82) is 0 Å². The molecule has 0 bridgehead atoms. The Morgan fingerprint density at radius 2 is 1.80 bits per heavy atom. The summed E-state index contributed by atoms with van der Waals surface area (Å²) in [5.74, 6) is 1.02. The summed E-state index contributed by atoms with van der Waals surface area (Å²) in [6, 6.07) is 15.6. The molecular formula is C20H23ClN2O2. The molecule has 1 amide bonds. The molecule has 2 aromatic rings. The number of hydrogen-bond donors (Lipinski definition) is 0. The van der Waals surface area contributed by atoms with E-state index in [1.54, 1.807) is 0 Å². The number of hydrogen-bond acceptors (Lipinski definition) is 3. The Balaban J connectivity index is 1.53. The van der Waals surface area contributed by atoms with E-state index in [4.69, 9.17) is 16.3 Å². The van der Waals surface area contributed by atoms with Crippen LogP contribution in [0, 0.1) is 0 Å². The zero-order valence-corrected chi connectivity index (χ0v) is 15.2. The summed E-state index contributed by atoms with van der Waals surface area (Å²) in [6.45, 7) is 5.74. The second-order valence-electron chi connectivity index (χ2n) is 6.10. The summed E-state index contributed by atoms with van der Waals surface area (Å²) in [5.41, 5.74) is 2.14. The minimum Gasteiger partial charge on any atom is -0.494 e. The first-order chi connectivity index (χ1) is 12.2. The number of carbonyl (C=O) groups is 1. The molecule has 4 nitrogen and oxygen atoms in total. The van der Waals surface area contributed by atoms with Gasteiger partial charge in [0.2, 0.25) is 5.91 Å². The van der Waals surface area contributed by atoms with Crippen LogP contribution in [0.2, 0.25) is 5.02 Å². The quantitative estimate of drug-likeness (QED) is 0.818. The van der Waals surface area contributed by atoms with E-state index in [0.717, 1.165) is 48.2 Å². The normalized spacial score (nSPS) is 14.5. The van der Waals surface area contributed by atoms with Crippen molar-refractivity contribution in [3.8, 4) is 5.75 Å². The second kappa shape index (κ2) is 8.26. The Morgan fingerprint density at radius 3 is 2.44 bits per heavy atom. The average molecular weight is 359 g/mol. The van der Waals surface area contributed by atoms with E-state index in [1.165, 1.54) is 0 Å². The van der Waals surface area contributed by atoms with Crippen LogP contribution in [0.5, 0.6) is 5.75 Å². The van der Waals surface area contributed by atoms with E-state index in [0.29, 0.717) is 13.0 Å². The van der Waals surface area contributed by atoms with Gasteiger partial charge in [0.25, 0.3) is 0 Å². The number of piperazine rings is 1. The number of halogens is 1. The standard InChI is InChI=1S/C20H23ClN2O2/c1-2-25-19-8-6-16(7-9-19)14-20(24)23-12-10-22(11-13-23)18-5-3-4-17(21)15-18/h3-9,15H,2,10-14H2,1H3. The lowest BCUT2D eigenvalue weighted by Crippen LogP contribution is -2.49. The molecule has 0 N–H and O–H groups in total. The van der Waals surface area contributed by atoms with Crippen LogP contribution in [0.1, 0.15) is 12.5 Å². The van der Waals surface area contributed by atoms with Crippen molar-refractivity contribution >= 4 is 23.2 Å². The molecule has 2 aromatic carbocycles. The zero-order valence-electron chi connectivity index (χ0n) is 14.5. The molecule has 25 heavy (non-hydrogen) atoms. The lowest BCUT2D eigenvalue weighted by molar-refractivity contribution is -0.130. The van der Waals surface area contributed by atoms with Crippen LogP contribution in [0.15, 0.2) is 48.5 Å². The van der Waals surface area contributed by atoms with Gasteiger partial charge in [-0.3, -0.25) is 4.79 Å². The first-order valence-corrected chi connectivity index (χ1v) is 9.03. The molecule has 0 aliphatic carbocycles. The van der Waals surface area contributed by atoms with Gasteiger partial charge in [-0.25, -0.2) is 0 Å². The predicted molar refractivity (Wildman–Crippen MR) is 102 cm³/mol. The third kappa shape index (κ3) is 4.67. The third-order valence-corrected chi connectivity index (χ3v) is 4.63. The molecule has 0 spiro atoms. The Bertz CT molecular complexity index is 710. The van der Waals surface area contributed by atoms with Crippen LogP contribution in [0.25, 0.3) is 0 Å². The molecule has 1 saturated heterocycles. The van der Waals surface area contributed by atoms with Crippen LogP contribution < -0.4 is 9.64 Å². The zero-order chi connectivity index (χ0) is 17.6. The van der Waals surface area contributed by atoms with Gasteiger partial charge in [0.1, 0.15) is 5.75 Å². The molecule has 0 aromatic heterocycles. The van der Waals surface area contributed by atoms with E-state index in [-0.39, 0.29) is 5.91 Å². The number of benzene rings is 2. The van der Waals surface area contributed by atoms with Gasteiger partial charge >= 0.3 is 0 Å². The Labute approximate surface area is 154 Å². The number of nitrogens with zero attached hydrogens (tertiary/aromatic N) is 2. The number of ether oxygens (including phenoxy) is 1. The molecule has 0 unspecified atom stereocenters. The highest BCUT2D eigenvalue weighted by Crippen LogP contribution is 2.21. The fourth-order valence-electron chi connectivity index (χ4n) is 3.04. The fourth-order valence-corrected chi connectivity index (χ4v) is 3.23.